The van der Waals surface area contributed by atoms with E-state index in [1.165, 1.54) is 12.1 Å². The van der Waals surface area contributed by atoms with Crippen molar-refractivity contribution in [2.75, 3.05) is 0 Å². The van der Waals surface area contributed by atoms with Crippen molar-refractivity contribution in [1.82, 2.24) is 19.7 Å². The molecular weight excluding hydrogens is 295 g/mol. The summed E-state index contributed by atoms with van der Waals surface area (Å²) >= 11 is 0. The number of hydrogen-bond acceptors (Lipinski definition) is 3. The van der Waals surface area contributed by atoms with E-state index >= 15 is 0 Å². The summed E-state index contributed by atoms with van der Waals surface area (Å²) in [6.07, 6.45) is 0. The fraction of sp³-hybridized carbons (Fsp3) is 0.353. The molecule has 1 N–H and O–H groups in total. The number of hydrogen-bond donors (Lipinski definition) is 1. The minimum atomic E-state index is -0.326. The maximum atomic E-state index is 13.1. The van der Waals surface area contributed by atoms with Crippen LogP contribution in [0, 0.1) is 5.82 Å². The lowest BCUT2D eigenvalue weighted by Crippen LogP contribution is -2.15. The van der Waals surface area contributed by atoms with Crippen molar-refractivity contribution in [2.24, 2.45) is 0 Å². The molecule has 0 radical (unpaired) electrons. The fourth-order valence-corrected chi connectivity index (χ4v) is 2.58. The number of fused-ring (bicyclic) bond motifs is 1. The molecule has 2 aromatic heterocycles. The maximum Gasteiger partial charge on any atom is 0.277 e. The molecule has 0 unspecified atom stereocenters. The quantitative estimate of drug-likeness (QED) is 0.803. The average Bonchev–Trinajstić information content (AvgIpc) is 2.88. The highest BCUT2D eigenvalue weighted by molar-refractivity contribution is 5.79. The van der Waals surface area contributed by atoms with Gasteiger partial charge in [-0.15, -0.1) is 0 Å². The van der Waals surface area contributed by atoms with E-state index in [0.29, 0.717) is 22.4 Å². The number of nitrogens with zero attached hydrogens (tertiary/aromatic N) is 3. The zero-order valence-corrected chi connectivity index (χ0v) is 13.6. The second-order valence-electron chi connectivity index (χ2n) is 6.20. The van der Waals surface area contributed by atoms with Gasteiger partial charge in [-0.2, -0.15) is 5.10 Å². The fourth-order valence-electron chi connectivity index (χ4n) is 2.58. The molecule has 0 bridgehead atoms. The zero-order chi connectivity index (χ0) is 16.7. The maximum absolute atomic E-state index is 13.1. The minimum Gasteiger partial charge on any atom is -0.305 e. The summed E-state index contributed by atoms with van der Waals surface area (Å²) in [6, 6.07) is 5.95. The first-order valence-electron chi connectivity index (χ1n) is 7.67. The van der Waals surface area contributed by atoms with Crippen molar-refractivity contribution >= 4 is 11.0 Å². The van der Waals surface area contributed by atoms with Gasteiger partial charge in [0.25, 0.3) is 5.56 Å². The van der Waals surface area contributed by atoms with Crippen LogP contribution in [-0.2, 0) is 0 Å². The molecule has 3 aromatic rings. The van der Waals surface area contributed by atoms with Gasteiger partial charge in [0.2, 0.25) is 0 Å². The van der Waals surface area contributed by atoms with Gasteiger partial charge in [0.1, 0.15) is 17.2 Å². The molecular formula is C17H19FN4O. The Morgan fingerprint density at radius 3 is 2.35 bits per heavy atom. The van der Waals surface area contributed by atoms with Crippen LogP contribution in [0.1, 0.15) is 45.3 Å². The highest BCUT2D eigenvalue weighted by Crippen LogP contribution is 2.25. The molecule has 0 saturated carbocycles. The molecule has 23 heavy (non-hydrogen) atoms. The molecule has 6 heteroatoms. The van der Waals surface area contributed by atoms with Crippen molar-refractivity contribution in [3.8, 4) is 11.4 Å². The zero-order valence-electron chi connectivity index (χ0n) is 13.6. The van der Waals surface area contributed by atoms with Crippen LogP contribution in [0.15, 0.2) is 29.1 Å². The Labute approximate surface area is 133 Å². The van der Waals surface area contributed by atoms with Gasteiger partial charge in [0, 0.05) is 11.6 Å². The summed E-state index contributed by atoms with van der Waals surface area (Å²) in [7, 11) is 0. The first-order chi connectivity index (χ1) is 10.9. The molecule has 0 spiro atoms. The lowest BCUT2D eigenvalue weighted by atomic mass is 10.1. The largest absolute Gasteiger partial charge is 0.305 e. The van der Waals surface area contributed by atoms with Crippen LogP contribution in [0.25, 0.3) is 22.4 Å². The number of aromatic nitrogens is 4. The summed E-state index contributed by atoms with van der Waals surface area (Å²) in [4.78, 5) is 20.0. The molecule has 0 aliphatic carbocycles. The summed E-state index contributed by atoms with van der Waals surface area (Å²) in [5, 5.41) is 4.57. The minimum absolute atomic E-state index is 0.0598. The molecule has 0 aliphatic rings. The Morgan fingerprint density at radius 1 is 1.13 bits per heavy atom. The predicted molar refractivity (Wildman–Crippen MR) is 88.0 cm³/mol. The Bertz CT molecular complexity index is 907. The number of halogens is 1. The van der Waals surface area contributed by atoms with Gasteiger partial charge in [-0.25, -0.2) is 9.37 Å². The number of nitrogens with one attached hydrogen (secondary N) is 1. The van der Waals surface area contributed by atoms with Gasteiger partial charge < -0.3 is 4.98 Å². The van der Waals surface area contributed by atoms with Gasteiger partial charge in [-0.05, 0) is 44.0 Å². The van der Waals surface area contributed by atoms with Gasteiger partial charge >= 0.3 is 0 Å². The second-order valence-corrected chi connectivity index (χ2v) is 6.20. The summed E-state index contributed by atoms with van der Waals surface area (Å²) < 4.78 is 14.8. The lowest BCUT2D eigenvalue weighted by molar-refractivity contribution is 0.538. The third kappa shape index (κ3) is 2.65. The van der Waals surface area contributed by atoms with E-state index < -0.39 is 0 Å². The molecule has 0 amide bonds. The van der Waals surface area contributed by atoms with Gasteiger partial charge in [0.05, 0.1) is 5.69 Å². The molecule has 2 heterocycles. The van der Waals surface area contributed by atoms with Crippen LogP contribution >= 0.6 is 0 Å². The molecule has 0 fully saturated rings. The lowest BCUT2D eigenvalue weighted by Gasteiger charge is -2.06. The SMILES string of the molecule is CC(C)c1nn(C(C)C)c2c(=O)[nH]c(-c3ccc(F)cc3)nc12. The van der Waals surface area contributed by atoms with Crippen LogP contribution in [0.5, 0.6) is 0 Å². The number of aromatic amines is 1. The third-order valence-corrected chi connectivity index (χ3v) is 3.74. The van der Waals surface area contributed by atoms with E-state index in [0.717, 1.165) is 5.69 Å². The third-order valence-electron chi connectivity index (χ3n) is 3.74. The number of H-pyrrole nitrogens is 1. The highest BCUT2D eigenvalue weighted by Gasteiger charge is 2.20. The Kier molecular flexibility index (Phi) is 3.75. The number of benzene rings is 1. The topological polar surface area (TPSA) is 63.6 Å². The van der Waals surface area contributed by atoms with E-state index in [-0.39, 0.29) is 23.3 Å². The van der Waals surface area contributed by atoms with Gasteiger partial charge in [-0.1, -0.05) is 13.8 Å². The van der Waals surface area contributed by atoms with Crippen LogP contribution in [0.4, 0.5) is 4.39 Å². The molecule has 0 aliphatic heterocycles. The van der Waals surface area contributed by atoms with Crippen molar-refractivity contribution < 1.29 is 4.39 Å². The second kappa shape index (κ2) is 5.61. The highest BCUT2D eigenvalue weighted by atomic mass is 19.1. The average molecular weight is 314 g/mol. The Morgan fingerprint density at radius 2 is 1.78 bits per heavy atom. The molecule has 1 aromatic carbocycles. The van der Waals surface area contributed by atoms with E-state index in [4.69, 9.17) is 0 Å². The molecule has 0 atom stereocenters. The Hall–Kier alpha value is -2.50. The van der Waals surface area contributed by atoms with Crippen LogP contribution < -0.4 is 5.56 Å². The van der Waals surface area contributed by atoms with Crippen LogP contribution in [0.2, 0.25) is 0 Å². The first-order valence-corrected chi connectivity index (χ1v) is 7.67. The van der Waals surface area contributed by atoms with E-state index in [2.05, 4.69) is 15.1 Å². The van der Waals surface area contributed by atoms with Gasteiger partial charge in [-0.3, -0.25) is 9.48 Å². The van der Waals surface area contributed by atoms with E-state index in [1.54, 1.807) is 16.8 Å². The molecule has 3 rings (SSSR count). The Balaban J connectivity index is 2.30. The first kappa shape index (κ1) is 15.4. The standard InChI is InChI=1S/C17H19FN4O/c1-9(2)13-14-15(22(21-13)10(3)4)17(23)20-16(19-14)11-5-7-12(18)8-6-11/h5-10H,1-4H3,(H,19,20,23). The molecule has 5 nitrogen and oxygen atoms in total. The molecule has 0 saturated heterocycles. The summed E-state index contributed by atoms with van der Waals surface area (Å²) in [6.45, 7) is 7.99. The van der Waals surface area contributed by atoms with Crippen molar-refractivity contribution in [1.29, 1.82) is 0 Å². The monoisotopic (exact) mass is 314 g/mol. The summed E-state index contributed by atoms with van der Waals surface area (Å²) in [5.41, 5.74) is 2.31. The van der Waals surface area contributed by atoms with Crippen molar-refractivity contribution in [2.45, 2.75) is 39.7 Å². The van der Waals surface area contributed by atoms with Gasteiger partial charge in [0.15, 0.2) is 5.52 Å². The predicted octanol–water partition coefficient (Wildman–Crippen LogP) is 3.63. The normalized spacial score (nSPS) is 11.8. The van der Waals surface area contributed by atoms with E-state index in [1.807, 2.05) is 27.7 Å². The number of rotatable bonds is 3. The van der Waals surface area contributed by atoms with Crippen LogP contribution in [-0.4, -0.2) is 19.7 Å². The summed E-state index contributed by atoms with van der Waals surface area (Å²) in [5.74, 6) is 0.244. The van der Waals surface area contributed by atoms with Crippen LogP contribution in [0.3, 0.4) is 0 Å². The smallest absolute Gasteiger partial charge is 0.277 e. The van der Waals surface area contributed by atoms with E-state index in [9.17, 15) is 9.18 Å². The molecule has 120 valence electrons. The van der Waals surface area contributed by atoms with Crippen molar-refractivity contribution in [3.63, 3.8) is 0 Å². The van der Waals surface area contributed by atoms with Crippen molar-refractivity contribution in [3.05, 3.63) is 46.1 Å².